The van der Waals surface area contributed by atoms with E-state index < -0.39 is 0 Å². The Morgan fingerprint density at radius 2 is 2.23 bits per heavy atom. The minimum Gasteiger partial charge on any atom is -0.398 e. The first kappa shape index (κ1) is 8.57. The molecule has 1 aromatic carbocycles. The van der Waals surface area contributed by atoms with Gasteiger partial charge in [0.1, 0.15) is 0 Å². The van der Waals surface area contributed by atoms with Crippen molar-refractivity contribution in [2.75, 3.05) is 12.3 Å². The number of nitrogen functional groups attached to an aromatic ring is 1. The molecule has 1 heterocycles. The quantitative estimate of drug-likeness (QED) is 0.591. The fraction of sp³-hybridized carbons (Fsp3) is 0.455. The Bertz CT molecular complexity index is 331. The third kappa shape index (κ3) is 1.31. The molecule has 0 aromatic heterocycles. The van der Waals surface area contributed by atoms with Gasteiger partial charge in [0.05, 0.1) is 0 Å². The standard InChI is InChI=1S/C11H16N2/c1-7-3-4-9-8(2)13-6-5-10(9)11(7)12/h3-4,8,13H,5-6,12H2,1-2H3. The predicted octanol–water partition coefficient (Wildman–Crippen LogP) is 1.78. The summed E-state index contributed by atoms with van der Waals surface area (Å²) in [4.78, 5) is 0. The van der Waals surface area contributed by atoms with Crippen molar-refractivity contribution < 1.29 is 0 Å². The molecular formula is C11H16N2. The van der Waals surface area contributed by atoms with Crippen LogP contribution < -0.4 is 11.1 Å². The molecule has 3 N–H and O–H groups in total. The highest BCUT2D eigenvalue weighted by Crippen LogP contribution is 2.28. The average molecular weight is 176 g/mol. The van der Waals surface area contributed by atoms with E-state index >= 15 is 0 Å². The highest BCUT2D eigenvalue weighted by atomic mass is 14.9. The van der Waals surface area contributed by atoms with E-state index in [1.807, 2.05) is 0 Å². The van der Waals surface area contributed by atoms with E-state index in [9.17, 15) is 0 Å². The van der Waals surface area contributed by atoms with Gasteiger partial charge in [-0.2, -0.15) is 0 Å². The Kier molecular flexibility index (Phi) is 2.00. The molecule has 2 heteroatoms. The van der Waals surface area contributed by atoms with E-state index in [0.29, 0.717) is 6.04 Å². The largest absolute Gasteiger partial charge is 0.398 e. The van der Waals surface area contributed by atoms with Crippen LogP contribution in [0.2, 0.25) is 0 Å². The lowest BCUT2D eigenvalue weighted by Gasteiger charge is -2.25. The molecule has 1 aliphatic heterocycles. The van der Waals surface area contributed by atoms with Crippen LogP contribution in [-0.4, -0.2) is 6.54 Å². The molecule has 2 nitrogen and oxygen atoms in total. The van der Waals surface area contributed by atoms with Crippen LogP contribution in [0.25, 0.3) is 0 Å². The maximum Gasteiger partial charge on any atom is 0.0380 e. The molecule has 1 unspecified atom stereocenters. The zero-order valence-electron chi connectivity index (χ0n) is 8.22. The van der Waals surface area contributed by atoms with Crippen LogP contribution in [0.15, 0.2) is 12.1 Å². The van der Waals surface area contributed by atoms with Crippen LogP contribution in [0.4, 0.5) is 5.69 Å². The van der Waals surface area contributed by atoms with E-state index in [2.05, 4.69) is 31.3 Å². The highest BCUT2D eigenvalue weighted by molar-refractivity contribution is 5.58. The lowest BCUT2D eigenvalue weighted by atomic mass is 9.92. The molecule has 0 aliphatic carbocycles. The Hall–Kier alpha value is -1.02. The number of nitrogens with two attached hydrogens (primary N) is 1. The molecule has 1 aliphatic rings. The Morgan fingerprint density at radius 1 is 1.46 bits per heavy atom. The number of nitrogens with one attached hydrogen (secondary N) is 1. The fourth-order valence-electron chi connectivity index (χ4n) is 2.01. The Balaban J connectivity index is 2.56. The second-order valence-electron chi connectivity index (χ2n) is 3.79. The molecule has 13 heavy (non-hydrogen) atoms. The van der Waals surface area contributed by atoms with Crippen molar-refractivity contribution in [3.8, 4) is 0 Å². The molecule has 0 saturated heterocycles. The molecule has 0 fully saturated rings. The topological polar surface area (TPSA) is 38.0 Å². The number of benzene rings is 1. The number of rotatable bonds is 0. The van der Waals surface area contributed by atoms with Gasteiger partial charge in [-0.05, 0) is 43.5 Å². The third-order valence-corrected chi connectivity index (χ3v) is 2.90. The van der Waals surface area contributed by atoms with Gasteiger partial charge >= 0.3 is 0 Å². The van der Waals surface area contributed by atoms with Gasteiger partial charge in [0.15, 0.2) is 0 Å². The molecule has 1 atom stereocenters. The summed E-state index contributed by atoms with van der Waals surface area (Å²) in [5.41, 5.74) is 11.0. The number of anilines is 1. The molecule has 1 aromatic rings. The van der Waals surface area contributed by atoms with Crippen LogP contribution in [-0.2, 0) is 6.42 Å². The first-order valence-electron chi connectivity index (χ1n) is 4.81. The number of hydrogen-bond donors (Lipinski definition) is 2. The summed E-state index contributed by atoms with van der Waals surface area (Å²) >= 11 is 0. The summed E-state index contributed by atoms with van der Waals surface area (Å²) in [6.07, 6.45) is 1.06. The molecule has 0 radical (unpaired) electrons. The van der Waals surface area contributed by atoms with Gasteiger partial charge in [0.2, 0.25) is 0 Å². The molecule has 0 spiro atoms. The summed E-state index contributed by atoms with van der Waals surface area (Å²) in [7, 11) is 0. The van der Waals surface area contributed by atoms with Crippen molar-refractivity contribution in [3.63, 3.8) is 0 Å². The van der Waals surface area contributed by atoms with E-state index in [-0.39, 0.29) is 0 Å². The normalized spacial score (nSPS) is 21.2. The highest BCUT2D eigenvalue weighted by Gasteiger charge is 2.17. The number of hydrogen-bond acceptors (Lipinski definition) is 2. The van der Waals surface area contributed by atoms with E-state index in [0.717, 1.165) is 18.7 Å². The third-order valence-electron chi connectivity index (χ3n) is 2.90. The molecule has 70 valence electrons. The first-order valence-corrected chi connectivity index (χ1v) is 4.81. The van der Waals surface area contributed by atoms with E-state index in [4.69, 9.17) is 5.73 Å². The van der Waals surface area contributed by atoms with Crippen LogP contribution in [0.1, 0.15) is 29.7 Å². The molecule has 0 amide bonds. The Labute approximate surface area is 79.1 Å². The lowest BCUT2D eigenvalue weighted by molar-refractivity contribution is 0.541. The minimum atomic E-state index is 0.451. The summed E-state index contributed by atoms with van der Waals surface area (Å²) in [5.74, 6) is 0. The van der Waals surface area contributed by atoms with Gasteiger partial charge in [0.25, 0.3) is 0 Å². The van der Waals surface area contributed by atoms with Crippen molar-refractivity contribution in [1.82, 2.24) is 5.32 Å². The van der Waals surface area contributed by atoms with Gasteiger partial charge in [-0.1, -0.05) is 12.1 Å². The van der Waals surface area contributed by atoms with Crippen molar-refractivity contribution in [2.45, 2.75) is 26.3 Å². The molecule has 0 bridgehead atoms. The van der Waals surface area contributed by atoms with Crippen LogP contribution in [0.5, 0.6) is 0 Å². The maximum atomic E-state index is 6.04. The zero-order valence-corrected chi connectivity index (χ0v) is 8.22. The summed E-state index contributed by atoms with van der Waals surface area (Å²) in [6, 6.07) is 4.75. The van der Waals surface area contributed by atoms with Gasteiger partial charge < -0.3 is 11.1 Å². The molecule has 2 rings (SSSR count). The van der Waals surface area contributed by atoms with Gasteiger partial charge in [0, 0.05) is 11.7 Å². The van der Waals surface area contributed by atoms with E-state index in [1.54, 1.807) is 0 Å². The van der Waals surface area contributed by atoms with Gasteiger partial charge in [-0.25, -0.2) is 0 Å². The fourth-order valence-corrected chi connectivity index (χ4v) is 2.01. The number of aryl methyl sites for hydroxylation is 1. The smallest absolute Gasteiger partial charge is 0.0380 e. The molecular weight excluding hydrogens is 160 g/mol. The Morgan fingerprint density at radius 3 is 3.00 bits per heavy atom. The first-order chi connectivity index (χ1) is 6.20. The predicted molar refractivity (Wildman–Crippen MR) is 55.7 cm³/mol. The summed E-state index contributed by atoms with van der Waals surface area (Å²) < 4.78 is 0. The number of fused-ring (bicyclic) bond motifs is 1. The zero-order chi connectivity index (χ0) is 9.42. The maximum absolute atomic E-state index is 6.04. The minimum absolute atomic E-state index is 0.451. The monoisotopic (exact) mass is 176 g/mol. The van der Waals surface area contributed by atoms with Crippen molar-refractivity contribution >= 4 is 5.69 Å². The van der Waals surface area contributed by atoms with Crippen LogP contribution in [0.3, 0.4) is 0 Å². The molecule has 0 saturated carbocycles. The van der Waals surface area contributed by atoms with Gasteiger partial charge in [-0.15, -0.1) is 0 Å². The summed E-state index contributed by atoms with van der Waals surface area (Å²) in [5, 5.41) is 3.43. The van der Waals surface area contributed by atoms with Gasteiger partial charge in [-0.3, -0.25) is 0 Å². The van der Waals surface area contributed by atoms with Crippen molar-refractivity contribution in [1.29, 1.82) is 0 Å². The lowest BCUT2D eigenvalue weighted by Crippen LogP contribution is -2.28. The van der Waals surface area contributed by atoms with Crippen molar-refractivity contribution in [2.24, 2.45) is 0 Å². The second kappa shape index (κ2) is 3.04. The SMILES string of the molecule is Cc1ccc2c(c1N)CCNC2C. The van der Waals surface area contributed by atoms with Crippen LogP contribution in [0, 0.1) is 6.92 Å². The summed E-state index contributed by atoms with van der Waals surface area (Å²) in [6.45, 7) is 5.30. The van der Waals surface area contributed by atoms with Crippen LogP contribution >= 0.6 is 0 Å². The van der Waals surface area contributed by atoms with Crippen molar-refractivity contribution in [3.05, 3.63) is 28.8 Å². The average Bonchev–Trinajstić information content (AvgIpc) is 2.12. The second-order valence-corrected chi connectivity index (χ2v) is 3.79. The van der Waals surface area contributed by atoms with E-state index in [1.165, 1.54) is 16.7 Å².